The molecule has 6 heterocycles. The van der Waals surface area contributed by atoms with Crippen LogP contribution in [0.3, 0.4) is 0 Å². The number of hydrogen-bond acceptors (Lipinski definition) is 6. The van der Waals surface area contributed by atoms with Crippen LogP contribution in [0.2, 0.25) is 0 Å². The summed E-state index contributed by atoms with van der Waals surface area (Å²) in [5.41, 5.74) is 10.8. The van der Waals surface area contributed by atoms with Gasteiger partial charge in [0.25, 0.3) is 0 Å². The summed E-state index contributed by atoms with van der Waals surface area (Å²) in [6.45, 7) is 27.6. The van der Waals surface area contributed by atoms with Gasteiger partial charge in [-0.25, -0.2) is 0 Å². The molecule has 0 amide bonds. The smallest absolute Gasteiger partial charge is 0.106 e. The minimum absolute atomic E-state index is 0. The van der Waals surface area contributed by atoms with Crippen molar-refractivity contribution >= 4 is 34.0 Å². The molecule has 0 atom stereocenters. The Kier molecular flexibility index (Phi) is 14.3. The second kappa shape index (κ2) is 16.0. The maximum absolute atomic E-state index is 2.80. The molecular formula is C32H58Br4N8. The maximum Gasteiger partial charge on any atom is 0.106 e. The van der Waals surface area contributed by atoms with Crippen molar-refractivity contribution in [2.24, 2.45) is 0 Å². The number of likely N-dealkylation sites (N-methyl/N-ethyl adjacent to an activating group) is 4. The molecule has 254 valence electrons. The van der Waals surface area contributed by atoms with E-state index in [4.69, 9.17) is 0 Å². The fourth-order valence-corrected chi connectivity index (χ4v) is 8.76. The number of halogens is 4. The lowest BCUT2D eigenvalue weighted by molar-refractivity contribution is -0.951. The minimum atomic E-state index is 0. The molecule has 6 aliphatic heterocycles. The standard InChI is InChI=1S/C32H56N8.4BrH/c1-33-5-9-37(10-6-33)21-27-29-23-39(17-13-35(3)14-18-39)25-31(29)28(22-38-11-7-34(2)8-12-38)32-26-40(24-30(27)32)19-15-36(4)16-20-40;;;;/h5-26H2,1-4H3;4*1H/q+2;;;;/p-2. The Morgan fingerprint density at radius 1 is 0.409 bits per heavy atom. The van der Waals surface area contributed by atoms with Gasteiger partial charge in [-0.05, 0) is 39.3 Å². The van der Waals surface area contributed by atoms with E-state index in [0.29, 0.717) is 0 Å². The quantitative estimate of drug-likeness (QED) is 0.285. The predicted octanol–water partition coefficient (Wildman–Crippen LogP) is -4.10. The van der Waals surface area contributed by atoms with E-state index in [2.05, 4.69) is 57.6 Å². The summed E-state index contributed by atoms with van der Waals surface area (Å²) in [5.74, 6) is 0. The molecule has 0 radical (unpaired) electrons. The number of piperazine rings is 4. The van der Waals surface area contributed by atoms with Crippen LogP contribution in [0.5, 0.6) is 0 Å². The van der Waals surface area contributed by atoms with Gasteiger partial charge in [-0.2, -0.15) is 0 Å². The Bertz CT molecular complexity index is 964. The lowest BCUT2D eigenvalue weighted by atomic mass is 9.88. The Labute approximate surface area is 309 Å². The zero-order chi connectivity index (χ0) is 27.5. The fraction of sp³-hybridized carbons (Fsp3) is 0.812. The lowest BCUT2D eigenvalue weighted by Crippen LogP contribution is -3.00. The first kappa shape index (κ1) is 39.3. The number of rotatable bonds is 4. The van der Waals surface area contributed by atoms with E-state index in [-0.39, 0.29) is 67.9 Å². The zero-order valence-corrected chi connectivity index (χ0v) is 34.3. The van der Waals surface area contributed by atoms with Crippen LogP contribution in [-0.2, 0) is 39.3 Å². The van der Waals surface area contributed by atoms with Crippen LogP contribution in [0.25, 0.3) is 0 Å². The molecule has 0 saturated carbocycles. The highest BCUT2D eigenvalue weighted by Gasteiger charge is 2.47. The van der Waals surface area contributed by atoms with Crippen LogP contribution >= 0.6 is 34.0 Å². The second-order valence-corrected chi connectivity index (χ2v) is 14.8. The van der Waals surface area contributed by atoms with Gasteiger partial charge < -0.3 is 52.7 Å². The van der Waals surface area contributed by atoms with E-state index < -0.39 is 0 Å². The molecule has 4 saturated heterocycles. The molecule has 1 aromatic carbocycles. The third-order valence-electron chi connectivity index (χ3n) is 11.9. The first-order chi connectivity index (χ1) is 19.3. The molecule has 2 spiro atoms. The van der Waals surface area contributed by atoms with E-state index in [1.54, 1.807) is 33.4 Å². The van der Waals surface area contributed by atoms with Crippen molar-refractivity contribution in [1.82, 2.24) is 29.4 Å². The molecule has 6 aliphatic rings. The van der Waals surface area contributed by atoms with Gasteiger partial charge in [0.2, 0.25) is 0 Å². The summed E-state index contributed by atoms with van der Waals surface area (Å²) >= 11 is 0. The van der Waals surface area contributed by atoms with Crippen LogP contribution in [0.15, 0.2) is 0 Å². The first-order valence-electron chi connectivity index (χ1n) is 16.4. The van der Waals surface area contributed by atoms with Crippen LogP contribution < -0.4 is 34.0 Å². The monoisotopic (exact) mass is 870 g/mol. The van der Waals surface area contributed by atoms with Gasteiger partial charge in [0.15, 0.2) is 0 Å². The van der Waals surface area contributed by atoms with Gasteiger partial charge in [0.1, 0.15) is 26.2 Å². The summed E-state index contributed by atoms with van der Waals surface area (Å²) < 4.78 is 2.64. The Morgan fingerprint density at radius 2 is 0.659 bits per heavy atom. The number of nitrogens with zero attached hydrogens (tertiary/aromatic N) is 8. The van der Waals surface area contributed by atoms with Crippen molar-refractivity contribution < 1.29 is 42.9 Å². The van der Waals surface area contributed by atoms with Crippen LogP contribution in [0, 0.1) is 0 Å². The van der Waals surface area contributed by atoms with E-state index in [0.717, 1.165) is 0 Å². The third kappa shape index (κ3) is 7.99. The number of hydrogen-bond donors (Lipinski definition) is 0. The van der Waals surface area contributed by atoms with Gasteiger partial charge in [-0.1, -0.05) is 0 Å². The largest absolute Gasteiger partial charge is 1.00 e. The topological polar surface area (TPSA) is 19.4 Å². The number of quaternary nitrogens is 2. The lowest BCUT2D eigenvalue weighted by Gasteiger charge is -2.41. The normalized spacial score (nSPS) is 25.9. The number of benzene rings is 1. The van der Waals surface area contributed by atoms with Crippen LogP contribution in [-0.4, -0.2) is 171 Å². The first-order valence-corrected chi connectivity index (χ1v) is 16.4. The minimum Gasteiger partial charge on any atom is -1.00 e. The molecule has 0 bridgehead atoms. The summed E-state index contributed by atoms with van der Waals surface area (Å²) in [6.07, 6.45) is 0. The van der Waals surface area contributed by atoms with Crippen molar-refractivity contribution in [2.75, 3.05) is 133 Å². The highest BCUT2D eigenvalue weighted by atomic mass is 79.9. The molecule has 7 rings (SSSR count). The molecule has 0 aliphatic carbocycles. The van der Waals surface area contributed by atoms with Crippen molar-refractivity contribution in [1.29, 1.82) is 0 Å². The van der Waals surface area contributed by atoms with Gasteiger partial charge in [-0.15, -0.1) is 34.0 Å². The van der Waals surface area contributed by atoms with Gasteiger partial charge in [0, 0.05) is 114 Å². The third-order valence-corrected chi connectivity index (χ3v) is 11.9. The van der Waals surface area contributed by atoms with Crippen molar-refractivity contribution in [3.05, 3.63) is 33.4 Å². The summed E-state index contributed by atoms with van der Waals surface area (Å²) in [4.78, 5) is 15.7. The Hall–Kier alpha value is 0.820. The molecule has 0 N–H and O–H groups in total. The average Bonchev–Trinajstić information content (AvgIpc) is 3.51. The summed E-state index contributed by atoms with van der Waals surface area (Å²) in [6, 6.07) is 0. The number of fused-ring (bicyclic) bond motifs is 2. The van der Waals surface area contributed by atoms with Crippen LogP contribution in [0.4, 0.5) is 0 Å². The zero-order valence-electron chi connectivity index (χ0n) is 27.7. The molecule has 8 nitrogen and oxygen atoms in total. The Morgan fingerprint density at radius 3 is 0.932 bits per heavy atom. The van der Waals surface area contributed by atoms with Gasteiger partial charge in [0.05, 0.1) is 26.2 Å². The van der Waals surface area contributed by atoms with E-state index in [1.807, 2.05) is 0 Å². The average molecular weight is 874 g/mol. The van der Waals surface area contributed by atoms with Gasteiger partial charge in [-0.3, -0.25) is 19.6 Å². The predicted molar refractivity (Wildman–Crippen MR) is 182 cm³/mol. The van der Waals surface area contributed by atoms with E-state index in [9.17, 15) is 0 Å². The highest BCUT2D eigenvalue weighted by molar-refractivity contribution is 8.93. The molecular weight excluding hydrogens is 816 g/mol. The maximum atomic E-state index is 2.80. The van der Waals surface area contributed by atoms with Crippen molar-refractivity contribution in [3.8, 4) is 0 Å². The molecule has 4 fully saturated rings. The van der Waals surface area contributed by atoms with E-state index in [1.165, 1.54) is 153 Å². The van der Waals surface area contributed by atoms with Crippen molar-refractivity contribution in [3.63, 3.8) is 0 Å². The highest BCUT2D eigenvalue weighted by Crippen LogP contribution is 2.45. The molecule has 44 heavy (non-hydrogen) atoms. The second-order valence-electron chi connectivity index (χ2n) is 14.8. The van der Waals surface area contributed by atoms with Crippen molar-refractivity contribution in [2.45, 2.75) is 39.3 Å². The summed E-state index contributed by atoms with van der Waals surface area (Å²) in [7, 11) is 9.24. The fourth-order valence-electron chi connectivity index (χ4n) is 8.76. The molecule has 1 aromatic rings. The SMILES string of the molecule is Br.Br.CN1CCN(Cc2c3c(c(CN4CCN(C)CC4)c4c2C[N+]2(CCN(C)CC2)C4)C[N+]2(CCN(C)CC2)C3)CC1.[Br-].[Br-]. The summed E-state index contributed by atoms with van der Waals surface area (Å²) in [5, 5.41) is 0. The molecule has 0 aromatic heterocycles. The molecule has 12 heteroatoms. The molecule has 0 unspecified atom stereocenters. The Balaban J connectivity index is 0.00000132. The van der Waals surface area contributed by atoms with Crippen LogP contribution in [0.1, 0.15) is 33.4 Å². The van der Waals surface area contributed by atoms with E-state index >= 15 is 0 Å². The van der Waals surface area contributed by atoms with Gasteiger partial charge >= 0.3 is 0 Å².